The normalized spacial score (nSPS) is 12.8. The Morgan fingerprint density at radius 3 is 2.08 bits per heavy atom. The van der Waals surface area contributed by atoms with E-state index in [1.165, 1.54) is 31.3 Å². The number of nitrogens with zero attached hydrogens (tertiary/aromatic N) is 2. The van der Waals surface area contributed by atoms with Crippen LogP contribution in [0, 0.1) is 17.0 Å². The number of carbonyl (C=O) groups excluding carboxylic acids is 1. The van der Waals surface area contributed by atoms with Crippen LogP contribution in [-0.2, 0) is 14.8 Å². The van der Waals surface area contributed by atoms with Crippen molar-refractivity contribution in [1.29, 1.82) is 0 Å². The average Bonchev–Trinajstić information content (AvgIpc) is 2.95. The van der Waals surface area contributed by atoms with Gasteiger partial charge in [0.2, 0.25) is 5.91 Å². The van der Waals surface area contributed by atoms with Gasteiger partial charge in [0.15, 0.2) is 0 Å². The number of hydrogen-bond acceptors (Lipinski definition) is 6. The SMILES string of the molecule is Cc1ccc(S(=O)(=O)N(C)C(=O)[C@H](c2ccccc2)[C@H](Nc2ccc(Br)c(Br)c2)c2ccc([N+](=O)[O-])cc2)cc1. The van der Waals surface area contributed by atoms with Crippen LogP contribution in [0.25, 0.3) is 0 Å². The summed E-state index contributed by atoms with van der Waals surface area (Å²) in [4.78, 5) is 25.0. The van der Waals surface area contributed by atoms with E-state index in [1.807, 2.05) is 25.1 Å². The minimum Gasteiger partial charge on any atom is -0.377 e. The monoisotopic (exact) mass is 685 g/mol. The number of benzene rings is 4. The first-order chi connectivity index (χ1) is 19.0. The molecule has 0 radical (unpaired) electrons. The van der Waals surface area contributed by atoms with E-state index in [0.29, 0.717) is 16.8 Å². The summed E-state index contributed by atoms with van der Waals surface area (Å²) >= 11 is 6.94. The number of non-ortho nitro benzene ring substituents is 1. The fourth-order valence-corrected chi connectivity index (χ4v) is 6.02. The van der Waals surface area contributed by atoms with Crippen molar-refractivity contribution < 1.29 is 18.1 Å². The number of rotatable bonds is 9. The first kappa shape index (κ1) is 29.4. The Morgan fingerprint density at radius 2 is 1.50 bits per heavy atom. The summed E-state index contributed by atoms with van der Waals surface area (Å²) in [6.45, 7) is 1.84. The van der Waals surface area contributed by atoms with Crippen LogP contribution in [0.4, 0.5) is 11.4 Å². The number of nitrogens with one attached hydrogen (secondary N) is 1. The van der Waals surface area contributed by atoms with Gasteiger partial charge in [0.1, 0.15) is 0 Å². The van der Waals surface area contributed by atoms with Crippen molar-refractivity contribution in [3.05, 3.63) is 133 Å². The maximum Gasteiger partial charge on any atom is 0.269 e. The van der Waals surface area contributed by atoms with Gasteiger partial charge in [-0.05, 0) is 80.2 Å². The number of likely N-dealkylation sites (N-methyl/N-ethyl adjacent to an activating group) is 1. The van der Waals surface area contributed by atoms with Crippen molar-refractivity contribution >= 4 is 59.2 Å². The van der Waals surface area contributed by atoms with E-state index < -0.39 is 32.8 Å². The molecule has 4 rings (SSSR count). The molecule has 0 fully saturated rings. The molecule has 0 aliphatic rings. The number of sulfonamides is 1. The Balaban J connectivity index is 1.85. The quantitative estimate of drug-likeness (QED) is 0.147. The zero-order chi connectivity index (χ0) is 29.0. The van der Waals surface area contributed by atoms with Gasteiger partial charge in [-0.2, -0.15) is 0 Å². The lowest BCUT2D eigenvalue weighted by Gasteiger charge is -2.32. The minimum absolute atomic E-state index is 0.00236. The van der Waals surface area contributed by atoms with E-state index in [4.69, 9.17) is 0 Å². The zero-order valence-electron chi connectivity index (χ0n) is 21.5. The Bertz CT molecular complexity index is 1630. The van der Waals surface area contributed by atoms with Crippen molar-refractivity contribution in [3.8, 4) is 0 Å². The zero-order valence-corrected chi connectivity index (χ0v) is 25.5. The molecule has 0 saturated heterocycles. The molecule has 0 spiro atoms. The number of halogens is 2. The summed E-state index contributed by atoms with van der Waals surface area (Å²) in [7, 11) is -2.93. The van der Waals surface area contributed by atoms with Gasteiger partial charge in [-0.1, -0.05) is 60.2 Å². The van der Waals surface area contributed by atoms with Gasteiger partial charge in [0, 0.05) is 33.8 Å². The molecule has 1 N–H and O–H groups in total. The molecule has 0 bridgehead atoms. The third kappa shape index (κ3) is 6.43. The summed E-state index contributed by atoms with van der Waals surface area (Å²) in [6.07, 6.45) is 0. The second-order valence-corrected chi connectivity index (χ2v) is 12.8. The van der Waals surface area contributed by atoms with Gasteiger partial charge < -0.3 is 5.32 Å². The molecular formula is C29H25Br2N3O5S. The summed E-state index contributed by atoms with van der Waals surface area (Å²) in [6, 6.07) is 25.7. The number of nitro groups is 1. The van der Waals surface area contributed by atoms with Crippen LogP contribution in [0.3, 0.4) is 0 Å². The third-order valence-electron chi connectivity index (χ3n) is 6.45. The molecule has 0 aliphatic carbocycles. The van der Waals surface area contributed by atoms with Gasteiger partial charge >= 0.3 is 0 Å². The lowest BCUT2D eigenvalue weighted by atomic mass is 9.86. The topological polar surface area (TPSA) is 110 Å². The van der Waals surface area contributed by atoms with Crippen LogP contribution in [-0.4, -0.2) is 30.6 Å². The van der Waals surface area contributed by atoms with Gasteiger partial charge in [-0.25, -0.2) is 12.7 Å². The van der Waals surface area contributed by atoms with Crippen molar-refractivity contribution in [2.24, 2.45) is 0 Å². The standard InChI is InChI=1S/C29H25Br2N3O5S/c1-19-8-15-24(16-9-19)40(38,39)33(2)29(35)27(20-6-4-3-5-7-20)28(21-10-13-23(14-11-21)34(36)37)32-22-12-17-25(30)26(31)18-22/h3-18,27-28,32H,1-2H3/t27-,28-/m1/s1. The van der Waals surface area contributed by atoms with Crippen LogP contribution < -0.4 is 5.32 Å². The van der Waals surface area contributed by atoms with Crippen LogP contribution in [0.2, 0.25) is 0 Å². The van der Waals surface area contributed by atoms with E-state index in [-0.39, 0.29) is 10.6 Å². The van der Waals surface area contributed by atoms with Crippen LogP contribution >= 0.6 is 31.9 Å². The lowest BCUT2D eigenvalue weighted by Crippen LogP contribution is -2.40. The lowest BCUT2D eigenvalue weighted by molar-refractivity contribution is -0.384. The fraction of sp³-hybridized carbons (Fsp3) is 0.138. The largest absolute Gasteiger partial charge is 0.377 e. The molecule has 0 aromatic heterocycles. The molecule has 0 unspecified atom stereocenters. The second-order valence-electron chi connectivity index (χ2n) is 9.11. The molecule has 0 aliphatic heterocycles. The Morgan fingerprint density at radius 1 is 0.875 bits per heavy atom. The number of nitro benzene ring substituents is 1. The van der Waals surface area contributed by atoms with Gasteiger partial charge in [-0.3, -0.25) is 14.9 Å². The summed E-state index contributed by atoms with van der Waals surface area (Å²) in [5.74, 6) is -1.69. The Labute approximate surface area is 249 Å². The number of aryl methyl sites for hydroxylation is 1. The molecule has 0 saturated carbocycles. The van der Waals surface area contributed by atoms with Crippen molar-refractivity contribution in [2.75, 3.05) is 12.4 Å². The first-order valence-corrected chi connectivity index (χ1v) is 15.1. The molecule has 11 heteroatoms. The van der Waals surface area contributed by atoms with Crippen LogP contribution in [0.15, 0.2) is 111 Å². The second kappa shape index (κ2) is 12.3. The smallest absolute Gasteiger partial charge is 0.269 e. The number of carbonyl (C=O) groups is 1. The maximum atomic E-state index is 14.2. The number of amides is 1. The van der Waals surface area contributed by atoms with E-state index in [9.17, 15) is 23.3 Å². The van der Waals surface area contributed by atoms with Crippen molar-refractivity contribution in [2.45, 2.75) is 23.8 Å². The molecule has 206 valence electrons. The van der Waals surface area contributed by atoms with E-state index in [0.717, 1.165) is 18.8 Å². The Kier molecular flexibility index (Phi) is 9.07. The summed E-state index contributed by atoms with van der Waals surface area (Å²) < 4.78 is 29.4. The van der Waals surface area contributed by atoms with Crippen LogP contribution in [0.5, 0.6) is 0 Å². The van der Waals surface area contributed by atoms with Crippen molar-refractivity contribution in [1.82, 2.24) is 4.31 Å². The molecule has 2 atom stereocenters. The van der Waals surface area contributed by atoms with Gasteiger partial charge in [0.05, 0.1) is 21.8 Å². The molecule has 4 aromatic carbocycles. The Hall–Kier alpha value is -3.54. The predicted octanol–water partition coefficient (Wildman–Crippen LogP) is 7.21. The molecule has 0 heterocycles. The fourth-order valence-electron chi connectivity index (χ4n) is 4.25. The van der Waals surface area contributed by atoms with Gasteiger partial charge in [0.25, 0.3) is 15.7 Å². The maximum absolute atomic E-state index is 14.2. The third-order valence-corrected chi connectivity index (χ3v) is 10.1. The summed E-state index contributed by atoms with van der Waals surface area (Å²) in [5, 5.41) is 14.7. The highest BCUT2D eigenvalue weighted by molar-refractivity contribution is 9.13. The molecular weight excluding hydrogens is 662 g/mol. The van der Waals surface area contributed by atoms with E-state index in [2.05, 4.69) is 37.2 Å². The van der Waals surface area contributed by atoms with Crippen LogP contribution in [0.1, 0.15) is 28.7 Å². The van der Waals surface area contributed by atoms with E-state index >= 15 is 0 Å². The van der Waals surface area contributed by atoms with Crippen molar-refractivity contribution in [3.63, 3.8) is 0 Å². The highest BCUT2D eigenvalue weighted by Crippen LogP contribution is 2.38. The molecule has 1 amide bonds. The molecule has 4 aromatic rings. The number of anilines is 1. The minimum atomic E-state index is -4.17. The predicted molar refractivity (Wildman–Crippen MR) is 162 cm³/mol. The van der Waals surface area contributed by atoms with Gasteiger partial charge in [-0.15, -0.1) is 0 Å². The highest BCUT2D eigenvalue weighted by atomic mass is 79.9. The highest BCUT2D eigenvalue weighted by Gasteiger charge is 2.38. The molecule has 8 nitrogen and oxygen atoms in total. The molecule has 40 heavy (non-hydrogen) atoms. The first-order valence-electron chi connectivity index (χ1n) is 12.1. The number of hydrogen-bond donors (Lipinski definition) is 1. The average molecular weight is 687 g/mol. The summed E-state index contributed by atoms with van der Waals surface area (Å²) in [5.41, 5.74) is 2.57. The van der Waals surface area contributed by atoms with E-state index in [1.54, 1.807) is 54.6 Å².